The number of hydrogen-bond donors (Lipinski definition) is 0. The fraction of sp³-hybridized carbons (Fsp3) is 0.481. The van der Waals surface area contributed by atoms with E-state index in [1.807, 2.05) is 13.8 Å². The molecule has 0 spiro atoms. The topological polar surface area (TPSA) is 71.8 Å². The number of rotatable bonds is 7. The maximum Gasteiger partial charge on any atom is 0.227 e. The monoisotopic (exact) mass is 598 g/mol. The molecule has 0 amide bonds. The van der Waals surface area contributed by atoms with E-state index in [4.69, 9.17) is 53.4 Å². The molecule has 1 aliphatic heterocycles. The van der Waals surface area contributed by atoms with E-state index in [2.05, 4.69) is 38.8 Å². The molecule has 38 heavy (non-hydrogen) atoms. The molecular formula is C27H33Cl3N2O5Si. The lowest BCUT2D eigenvalue weighted by atomic mass is 10.1. The Morgan fingerprint density at radius 2 is 1.82 bits per heavy atom. The van der Waals surface area contributed by atoms with Crippen molar-refractivity contribution in [1.29, 1.82) is 0 Å². The molecule has 7 nitrogen and oxygen atoms in total. The Morgan fingerprint density at radius 1 is 1.16 bits per heavy atom. The summed E-state index contributed by atoms with van der Waals surface area (Å²) < 4.78 is 25.7. The number of halogens is 3. The second kappa shape index (κ2) is 10.7. The summed E-state index contributed by atoms with van der Waals surface area (Å²) in [4.78, 5) is 17.9. The van der Waals surface area contributed by atoms with Crippen LogP contribution in [-0.2, 0) is 20.5 Å². The van der Waals surface area contributed by atoms with Gasteiger partial charge >= 0.3 is 0 Å². The van der Waals surface area contributed by atoms with Crippen LogP contribution in [0.4, 0.5) is 0 Å². The van der Waals surface area contributed by atoms with Gasteiger partial charge in [-0.15, -0.1) is 0 Å². The molecule has 0 aliphatic carbocycles. The van der Waals surface area contributed by atoms with Crippen LogP contribution in [0.5, 0.6) is 5.88 Å². The first kappa shape index (κ1) is 29.3. The minimum absolute atomic E-state index is 0.0276. The van der Waals surface area contributed by atoms with Gasteiger partial charge in [-0.1, -0.05) is 61.6 Å². The molecule has 0 unspecified atom stereocenters. The third kappa shape index (κ3) is 5.92. The maximum absolute atomic E-state index is 13.6. The smallest absolute Gasteiger partial charge is 0.227 e. The van der Waals surface area contributed by atoms with Crippen LogP contribution in [0.3, 0.4) is 0 Å². The van der Waals surface area contributed by atoms with E-state index in [0.29, 0.717) is 33.6 Å². The van der Waals surface area contributed by atoms with Gasteiger partial charge in [0.2, 0.25) is 5.88 Å². The van der Waals surface area contributed by atoms with Crippen molar-refractivity contribution in [2.75, 3.05) is 13.2 Å². The first-order valence-corrected chi connectivity index (χ1v) is 16.4. The molecule has 1 fully saturated rings. The second-order valence-electron chi connectivity index (χ2n) is 11.4. The summed E-state index contributed by atoms with van der Waals surface area (Å²) in [7, 11) is -2.16. The summed E-state index contributed by atoms with van der Waals surface area (Å²) in [6.45, 7) is 15.1. The molecular weight excluding hydrogens is 567 g/mol. The molecule has 1 aromatic carbocycles. The van der Waals surface area contributed by atoms with Crippen molar-refractivity contribution in [2.24, 2.45) is 0 Å². The molecule has 4 rings (SSSR count). The number of ether oxygens (including phenoxy) is 3. The van der Waals surface area contributed by atoms with Gasteiger partial charge in [0.1, 0.15) is 18.1 Å². The van der Waals surface area contributed by atoms with Crippen LogP contribution < -0.4 is 10.2 Å². The van der Waals surface area contributed by atoms with Crippen molar-refractivity contribution >= 4 is 54.0 Å². The van der Waals surface area contributed by atoms with Crippen molar-refractivity contribution < 1.29 is 18.6 Å². The molecule has 0 radical (unpaired) electrons. The molecule has 0 N–H and O–H groups in total. The lowest BCUT2D eigenvalue weighted by molar-refractivity contribution is -0.141. The van der Waals surface area contributed by atoms with E-state index >= 15 is 0 Å². The lowest BCUT2D eigenvalue weighted by Crippen LogP contribution is -2.40. The fourth-order valence-electron chi connectivity index (χ4n) is 4.00. The van der Waals surface area contributed by atoms with Crippen LogP contribution in [0.2, 0.25) is 33.2 Å². The SMILES string of the molecule is CC1(C)OC[C@@H](COc2ncc(Cl)c3c2c(=O)cc(CO[Si](C)(C)C(C)(C)C)n3-c2c(Cl)cccc2Cl)O1. The first-order chi connectivity index (χ1) is 17.6. The predicted molar refractivity (Wildman–Crippen MR) is 155 cm³/mol. The normalized spacial score (nSPS) is 17.8. The molecule has 0 saturated carbocycles. The quantitative estimate of drug-likeness (QED) is 0.264. The van der Waals surface area contributed by atoms with Gasteiger partial charge in [0.15, 0.2) is 19.5 Å². The predicted octanol–water partition coefficient (Wildman–Crippen LogP) is 7.40. The Bertz CT molecular complexity index is 1400. The number of aromatic nitrogens is 2. The van der Waals surface area contributed by atoms with E-state index in [-0.39, 0.29) is 46.1 Å². The third-order valence-electron chi connectivity index (χ3n) is 7.05. The third-order valence-corrected chi connectivity index (χ3v) is 12.4. The van der Waals surface area contributed by atoms with Gasteiger partial charge in [-0.3, -0.25) is 4.79 Å². The zero-order valence-electron chi connectivity index (χ0n) is 22.7. The van der Waals surface area contributed by atoms with Crippen LogP contribution in [0.25, 0.3) is 16.6 Å². The van der Waals surface area contributed by atoms with E-state index in [1.54, 1.807) is 22.8 Å². The fourth-order valence-corrected chi connectivity index (χ4v) is 5.73. The van der Waals surface area contributed by atoms with Crippen LogP contribution >= 0.6 is 34.8 Å². The molecule has 2 aromatic heterocycles. The molecule has 1 aliphatic rings. The summed E-state index contributed by atoms with van der Waals surface area (Å²) >= 11 is 20.1. The zero-order valence-corrected chi connectivity index (χ0v) is 25.9. The maximum atomic E-state index is 13.6. The van der Waals surface area contributed by atoms with Gasteiger partial charge in [0.05, 0.1) is 51.4 Å². The Labute approximate surface area is 239 Å². The van der Waals surface area contributed by atoms with Gasteiger partial charge in [0, 0.05) is 6.07 Å². The van der Waals surface area contributed by atoms with Crippen molar-refractivity contribution in [3.63, 3.8) is 0 Å². The lowest BCUT2D eigenvalue weighted by Gasteiger charge is -2.36. The average molecular weight is 600 g/mol. The van der Waals surface area contributed by atoms with E-state index in [0.717, 1.165) is 0 Å². The van der Waals surface area contributed by atoms with Crippen LogP contribution in [-0.4, -0.2) is 43.0 Å². The van der Waals surface area contributed by atoms with Gasteiger partial charge in [-0.05, 0) is 44.1 Å². The highest BCUT2D eigenvalue weighted by Gasteiger charge is 2.37. The Morgan fingerprint density at radius 3 is 2.39 bits per heavy atom. The number of hydrogen-bond acceptors (Lipinski definition) is 6. The minimum Gasteiger partial charge on any atom is -0.474 e. The van der Waals surface area contributed by atoms with Gasteiger partial charge in [-0.25, -0.2) is 4.98 Å². The number of pyridine rings is 2. The van der Waals surface area contributed by atoms with E-state index in [1.165, 1.54) is 12.3 Å². The number of benzene rings is 1. The van der Waals surface area contributed by atoms with Crippen LogP contribution in [0.15, 0.2) is 35.3 Å². The van der Waals surface area contributed by atoms with Crippen LogP contribution in [0.1, 0.15) is 40.3 Å². The van der Waals surface area contributed by atoms with E-state index < -0.39 is 14.1 Å². The highest BCUT2D eigenvalue weighted by molar-refractivity contribution is 6.74. The van der Waals surface area contributed by atoms with Gasteiger partial charge < -0.3 is 23.2 Å². The van der Waals surface area contributed by atoms with Crippen molar-refractivity contribution in [1.82, 2.24) is 9.55 Å². The number of nitrogens with zero attached hydrogens (tertiary/aromatic N) is 2. The highest BCUT2D eigenvalue weighted by atomic mass is 35.5. The molecule has 11 heteroatoms. The summed E-state index contributed by atoms with van der Waals surface area (Å²) in [5.74, 6) is -0.563. The highest BCUT2D eigenvalue weighted by Crippen LogP contribution is 2.39. The molecule has 1 saturated heterocycles. The standard InChI is InChI=1S/C27H33Cl3N2O5Si/c1-26(2,3)38(6,7)36-13-16-11-21(33)22-24(32(16)23-18(28)9-8-10-19(23)29)20(30)12-31-25(22)34-14-17-15-35-27(4,5)37-17/h8-12,17H,13-15H2,1-7H3/t17-/m1/s1. The molecule has 0 bridgehead atoms. The molecule has 3 heterocycles. The summed E-state index contributed by atoms with van der Waals surface area (Å²) in [6, 6.07) is 6.74. The Kier molecular flexibility index (Phi) is 8.28. The Balaban J connectivity index is 1.88. The van der Waals surface area contributed by atoms with Crippen LogP contribution in [0, 0.1) is 0 Å². The largest absolute Gasteiger partial charge is 0.474 e. The van der Waals surface area contributed by atoms with Crippen molar-refractivity contribution in [3.8, 4) is 11.6 Å². The number of fused-ring (bicyclic) bond motifs is 1. The zero-order chi connectivity index (χ0) is 28.0. The molecule has 206 valence electrons. The Hall–Kier alpha value is -1.65. The van der Waals surface area contributed by atoms with Gasteiger partial charge in [-0.2, -0.15) is 0 Å². The van der Waals surface area contributed by atoms with E-state index in [9.17, 15) is 4.79 Å². The second-order valence-corrected chi connectivity index (χ2v) is 17.4. The molecule has 1 atom stereocenters. The summed E-state index contributed by atoms with van der Waals surface area (Å²) in [6.07, 6.45) is 1.14. The number of para-hydroxylation sites is 1. The minimum atomic E-state index is -2.16. The van der Waals surface area contributed by atoms with Crippen molar-refractivity contribution in [3.05, 3.63) is 61.4 Å². The summed E-state index contributed by atoms with van der Waals surface area (Å²) in [5, 5.41) is 1.22. The average Bonchev–Trinajstić information content (AvgIpc) is 3.16. The van der Waals surface area contributed by atoms with Gasteiger partial charge in [0.25, 0.3) is 0 Å². The summed E-state index contributed by atoms with van der Waals surface area (Å²) in [5.41, 5.74) is 1.14. The molecule has 3 aromatic rings. The van der Waals surface area contributed by atoms with Crippen molar-refractivity contribution in [2.45, 2.75) is 71.2 Å². The first-order valence-electron chi connectivity index (χ1n) is 12.4.